The minimum Gasteiger partial charge on any atom is -0.355 e. The largest absolute Gasteiger partial charge is 0.355 e. The van der Waals surface area contributed by atoms with Crippen LogP contribution in [-0.2, 0) is 9.59 Å². The van der Waals surface area contributed by atoms with Crippen LogP contribution in [0.2, 0.25) is 0 Å². The molecule has 0 saturated carbocycles. The summed E-state index contributed by atoms with van der Waals surface area (Å²) in [5, 5.41) is 9.34. The molecule has 0 saturated heterocycles. The van der Waals surface area contributed by atoms with Crippen molar-refractivity contribution in [3.8, 4) is 0 Å². The Bertz CT molecular complexity index is 426. The molecule has 0 aliphatic heterocycles. The molecule has 0 heterocycles. The van der Waals surface area contributed by atoms with E-state index in [-0.39, 0.29) is 11.8 Å². The molecule has 0 aliphatic carbocycles. The third kappa shape index (κ3) is 21.0. The van der Waals surface area contributed by atoms with E-state index in [1.807, 2.05) is 0 Å². The molecule has 0 aromatic carbocycles. The van der Waals surface area contributed by atoms with Gasteiger partial charge < -0.3 is 38.9 Å². The second-order valence-corrected chi connectivity index (χ2v) is 8.94. The van der Waals surface area contributed by atoms with Crippen LogP contribution in [0.5, 0.6) is 0 Å². The molecular weight excluding hydrogens is 418 g/mol. The van der Waals surface area contributed by atoms with Crippen LogP contribution in [0.15, 0.2) is 0 Å². The monoisotopic (exact) mass is 471 g/mol. The average Bonchev–Trinajstić information content (AvgIpc) is 2.81. The van der Waals surface area contributed by atoms with E-state index in [0.29, 0.717) is 39.0 Å². The van der Waals surface area contributed by atoms with Crippen molar-refractivity contribution >= 4 is 11.8 Å². The average molecular weight is 472 g/mol. The highest BCUT2D eigenvalue weighted by molar-refractivity contribution is 5.81. The van der Waals surface area contributed by atoms with Crippen molar-refractivity contribution in [2.24, 2.45) is 22.9 Å². The second-order valence-electron chi connectivity index (χ2n) is 8.94. The van der Waals surface area contributed by atoms with Crippen LogP contribution >= 0.6 is 0 Å². The molecular formula is C24H53N7O2. The Balaban J connectivity index is 3.32. The molecule has 0 bridgehead atoms. The summed E-state index contributed by atoms with van der Waals surface area (Å²) in [6, 6.07) is -0.816. The summed E-state index contributed by atoms with van der Waals surface area (Å²) in [4.78, 5) is 23.7. The Morgan fingerprint density at radius 2 is 0.879 bits per heavy atom. The van der Waals surface area contributed by atoms with E-state index in [4.69, 9.17) is 22.9 Å². The fraction of sp³-hybridized carbons (Fsp3) is 0.917. The highest BCUT2D eigenvalue weighted by atomic mass is 16.2. The minimum absolute atomic E-state index is 0.0435. The van der Waals surface area contributed by atoms with Crippen LogP contribution in [0.1, 0.15) is 89.9 Å². The Hall–Kier alpha value is -1.26. The van der Waals surface area contributed by atoms with Crippen molar-refractivity contribution in [2.75, 3.05) is 39.3 Å². The summed E-state index contributed by atoms with van der Waals surface area (Å²) < 4.78 is 0. The maximum atomic E-state index is 11.9. The molecule has 2 unspecified atom stereocenters. The minimum atomic E-state index is -0.408. The molecule has 0 rings (SSSR count). The first kappa shape index (κ1) is 31.7. The van der Waals surface area contributed by atoms with E-state index < -0.39 is 12.1 Å². The van der Waals surface area contributed by atoms with E-state index in [2.05, 4.69) is 16.0 Å². The van der Waals surface area contributed by atoms with Gasteiger partial charge in [-0.05, 0) is 77.5 Å². The molecule has 9 heteroatoms. The predicted octanol–water partition coefficient (Wildman–Crippen LogP) is 0.842. The summed E-state index contributed by atoms with van der Waals surface area (Å²) >= 11 is 0. The first-order valence-corrected chi connectivity index (χ1v) is 13.2. The van der Waals surface area contributed by atoms with E-state index in [9.17, 15) is 9.59 Å². The molecule has 0 radical (unpaired) electrons. The first-order valence-electron chi connectivity index (χ1n) is 13.2. The van der Waals surface area contributed by atoms with Gasteiger partial charge in [0.15, 0.2) is 0 Å². The van der Waals surface area contributed by atoms with Gasteiger partial charge in [0.1, 0.15) is 0 Å². The van der Waals surface area contributed by atoms with Crippen molar-refractivity contribution in [1.82, 2.24) is 16.0 Å². The lowest BCUT2D eigenvalue weighted by molar-refractivity contribution is -0.123. The summed E-state index contributed by atoms with van der Waals surface area (Å²) in [6.45, 7) is 4.79. The SMILES string of the molecule is NCCCCC(N)C(=O)NCCCCCCNCCCCCCNC(=O)C(N)CCCCN. The van der Waals surface area contributed by atoms with Crippen LogP contribution < -0.4 is 38.9 Å². The normalized spacial score (nSPS) is 13.0. The number of nitrogens with one attached hydrogen (secondary N) is 3. The molecule has 0 aliphatic rings. The van der Waals surface area contributed by atoms with Gasteiger partial charge in [-0.1, -0.05) is 38.5 Å². The van der Waals surface area contributed by atoms with Gasteiger partial charge >= 0.3 is 0 Å². The molecule has 196 valence electrons. The number of unbranched alkanes of at least 4 members (excludes halogenated alkanes) is 8. The Labute approximate surface area is 201 Å². The Morgan fingerprint density at radius 1 is 0.515 bits per heavy atom. The smallest absolute Gasteiger partial charge is 0.236 e. The topological polar surface area (TPSA) is 174 Å². The second kappa shape index (κ2) is 23.9. The predicted molar refractivity (Wildman–Crippen MR) is 138 cm³/mol. The summed E-state index contributed by atoms with van der Waals surface area (Å²) in [5.41, 5.74) is 22.6. The zero-order valence-electron chi connectivity index (χ0n) is 20.9. The number of carbonyl (C=O) groups is 2. The number of amides is 2. The summed E-state index contributed by atoms with van der Waals surface area (Å²) in [6.07, 6.45) is 13.9. The van der Waals surface area contributed by atoms with Gasteiger partial charge in [-0.2, -0.15) is 0 Å². The standard InChI is InChI=1S/C24H53N7O2/c25-15-7-5-13-21(27)23(32)30-19-11-3-1-9-17-29-18-10-2-4-12-20-31-24(33)22(28)14-6-8-16-26/h21-22,29H,1-20,25-28H2,(H,30,32)(H,31,33). The third-order valence-corrected chi connectivity index (χ3v) is 5.77. The lowest BCUT2D eigenvalue weighted by atomic mass is 10.1. The third-order valence-electron chi connectivity index (χ3n) is 5.77. The Kier molecular flexibility index (Phi) is 23.0. The fourth-order valence-corrected chi connectivity index (χ4v) is 3.55. The van der Waals surface area contributed by atoms with Crippen LogP contribution in [0.25, 0.3) is 0 Å². The molecule has 11 N–H and O–H groups in total. The zero-order valence-corrected chi connectivity index (χ0v) is 20.9. The first-order chi connectivity index (χ1) is 16.0. The van der Waals surface area contributed by atoms with Crippen molar-refractivity contribution in [3.05, 3.63) is 0 Å². The van der Waals surface area contributed by atoms with Crippen molar-refractivity contribution in [2.45, 2.75) is 102 Å². The summed E-state index contributed by atoms with van der Waals surface area (Å²) in [5.74, 6) is -0.0871. The van der Waals surface area contributed by atoms with Gasteiger partial charge in [0, 0.05) is 13.1 Å². The molecule has 0 aromatic rings. The number of hydrogen-bond acceptors (Lipinski definition) is 7. The van der Waals surface area contributed by atoms with Crippen molar-refractivity contribution < 1.29 is 9.59 Å². The van der Waals surface area contributed by atoms with Gasteiger partial charge in [0.05, 0.1) is 12.1 Å². The van der Waals surface area contributed by atoms with Gasteiger partial charge in [-0.3, -0.25) is 9.59 Å². The van der Waals surface area contributed by atoms with Gasteiger partial charge in [0.2, 0.25) is 11.8 Å². The molecule has 0 aromatic heterocycles. The van der Waals surface area contributed by atoms with Gasteiger partial charge in [0.25, 0.3) is 0 Å². The number of hydrogen-bond donors (Lipinski definition) is 7. The molecule has 33 heavy (non-hydrogen) atoms. The lowest BCUT2D eigenvalue weighted by Crippen LogP contribution is -2.40. The highest BCUT2D eigenvalue weighted by Crippen LogP contribution is 2.02. The number of nitrogens with two attached hydrogens (primary N) is 4. The molecule has 2 atom stereocenters. The van der Waals surface area contributed by atoms with Gasteiger partial charge in [-0.15, -0.1) is 0 Å². The zero-order chi connectivity index (χ0) is 24.6. The number of carbonyl (C=O) groups excluding carboxylic acids is 2. The number of rotatable bonds is 24. The van der Waals surface area contributed by atoms with E-state index >= 15 is 0 Å². The van der Waals surface area contributed by atoms with Gasteiger partial charge in [-0.25, -0.2) is 0 Å². The fourth-order valence-electron chi connectivity index (χ4n) is 3.55. The van der Waals surface area contributed by atoms with Crippen molar-refractivity contribution in [3.63, 3.8) is 0 Å². The molecule has 0 spiro atoms. The molecule has 9 nitrogen and oxygen atoms in total. The van der Waals surface area contributed by atoms with E-state index in [1.54, 1.807) is 0 Å². The molecule has 2 amide bonds. The van der Waals surface area contributed by atoms with Crippen molar-refractivity contribution in [1.29, 1.82) is 0 Å². The highest BCUT2D eigenvalue weighted by Gasteiger charge is 2.12. The summed E-state index contributed by atoms with van der Waals surface area (Å²) in [7, 11) is 0. The lowest BCUT2D eigenvalue weighted by Gasteiger charge is -2.12. The van der Waals surface area contributed by atoms with Crippen LogP contribution in [0, 0.1) is 0 Å². The maximum absolute atomic E-state index is 11.9. The Morgan fingerprint density at radius 3 is 1.24 bits per heavy atom. The van der Waals surface area contributed by atoms with Crippen LogP contribution in [-0.4, -0.2) is 63.2 Å². The van der Waals surface area contributed by atoms with E-state index in [0.717, 1.165) is 77.3 Å². The molecule has 0 fully saturated rings. The quantitative estimate of drug-likeness (QED) is 0.102. The van der Waals surface area contributed by atoms with E-state index in [1.165, 1.54) is 12.8 Å². The maximum Gasteiger partial charge on any atom is 0.236 e. The van der Waals surface area contributed by atoms with Crippen LogP contribution in [0.3, 0.4) is 0 Å². The van der Waals surface area contributed by atoms with Crippen LogP contribution in [0.4, 0.5) is 0 Å².